The van der Waals surface area contributed by atoms with Crippen molar-refractivity contribution in [3.05, 3.63) is 98.1 Å². The zero-order valence-electron chi connectivity index (χ0n) is 21.8. The number of nitro benzene ring substituents is 1. The van der Waals surface area contributed by atoms with Gasteiger partial charge in [-0.15, -0.1) is 11.6 Å². The molecule has 33 heavy (non-hydrogen) atoms. The topological polar surface area (TPSA) is 72.7 Å². The molecule has 7 heteroatoms. The zero-order chi connectivity index (χ0) is 26.7. The van der Waals surface area contributed by atoms with E-state index < -0.39 is 23.0 Å². The van der Waals surface area contributed by atoms with E-state index in [2.05, 4.69) is 0 Å². The standard InChI is InChI=1S/C26H23ClN2O4/c1-16-8-23-19(6-7-21-12-20-4-2-3-5-24(20)28(21)26(23)30)13-25(16)33-15-18-9-17(14-27)10-22(11-18)29(31)32/h2-5,8-11,13,21H,6-7,12,14-15H2,1H3/t21-/m1/s1/i14D2,15D2. The molecule has 1 amide bonds. The third-order valence-corrected chi connectivity index (χ3v) is 6.40. The summed E-state index contributed by atoms with van der Waals surface area (Å²) in [5, 5.41) is 11.4. The van der Waals surface area contributed by atoms with Crippen LogP contribution in [0.15, 0.2) is 54.6 Å². The maximum Gasteiger partial charge on any atom is 0.270 e. The SMILES string of the molecule is [2H]C([2H])(Cl)c1cc([N+](=O)[O-])cc(C([2H])([2H])Oc2cc3c(cc2C)C(=O)N2c4ccccc4C[C@H]2CC3)c1. The Labute approximate surface area is 202 Å². The van der Waals surface area contributed by atoms with Gasteiger partial charge in [-0.2, -0.15) is 0 Å². The highest BCUT2D eigenvalue weighted by atomic mass is 35.5. The summed E-state index contributed by atoms with van der Waals surface area (Å²) in [5.74, 6) is -2.35. The fourth-order valence-corrected chi connectivity index (χ4v) is 4.72. The number of hydrogen-bond acceptors (Lipinski definition) is 4. The molecule has 0 saturated carbocycles. The van der Waals surface area contributed by atoms with Gasteiger partial charge in [0.1, 0.15) is 12.3 Å². The van der Waals surface area contributed by atoms with Gasteiger partial charge in [0, 0.05) is 38.0 Å². The zero-order valence-corrected chi connectivity index (χ0v) is 18.6. The van der Waals surface area contributed by atoms with Crippen LogP contribution in [0.4, 0.5) is 11.4 Å². The molecule has 0 unspecified atom stereocenters. The van der Waals surface area contributed by atoms with Crippen LogP contribution in [0.25, 0.3) is 0 Å². The fourth-order valence-electron chi connectivity index (χ4n) is 4.61. The molecule has 0 aliphatic carbocycles. The summed E-state index contributed by atoms with van der Waals surface area (Å²) in [7, 11) is 0. The summed E-state index contributed by atoms with van der Waals surface area (Å²) in [4.78, 5) is 26.1. The molecule has 168 valence electrons. The predicted molar refractivity (Wildman–Crippen MR) is 127 cm³/mol. The number of carbonyl (C=O) groups is 1. The number of rotatable bonds is 5. The molecule has 3 aromatic rings. The lowest BCUT2D eigenvalue weighted by Gasteiger charge is -2.23. The number of amides is 1. The van der Waals surface area contributed by atoms with Crippen LogP contribution >= 0.6 is 11.6 Å². The van der Waals surface area contributed by atoms with E-state index in [0.717, 1.165) is 47.9 Å². The number of anilines is 1. The van der Waals surface area contributed by atoms with Crippen LogP contribution in [-0.2, 0) is 25.2 Å². The summed E-state index contributed by atoms with van der Waals surface area (Å²) < 4.78 is 38.2. The van der Waals surface area contributed by atoms with Crippen LogP contribution in [0.2, 0.25) is 0 Å². The number of carbonyl (C=O) groups excluding carboxylic acids is 1. The van der Waals surface area contributed by atoms with Crippen molar-refractivity contribution in [3.8, 4) is 5.75 Å². The fraction of sp³-hybridized carbons (Fsp3) is 0.269. The van der Waals surface area contributed by atoms with Crippen molar-refractivity contribution in [2.45, 2.75) is 44.6 Å². The van der Waals surface area contributed by atoms with Gasteiger partial charge in [-0.3, -0.25) is 14.9 Å². The maximum absolute atomic E-state index is 13.6. The summed E-state index contributed by atoms with van der Waals surface area (Å²) >= 11 is 5.73. The Hall–Kier alpha value is -3.38. The van der Waals surface area contributed by atoms with Crippen molar-refractivity contribution in [1.29, 1.82) is 0 Å². The van der Waals surface area contributed by atoms with E-state index in [1.54, 1.807) is 19.1 Å². The van der Waals surface area contributed by atoms with Crippen LogP contribution in [0, 0.1) is 17.0 Å². The smallest absolute Gasteiger partial charge is 0.270 e. The number of fused-ring (bicyclic) bond motifs is 4. The number of hydrogen-bond donors (Lipinski definition) is 0. The Morgan fingerprint density at radius 2 is 1.97 bits per heavy atom. The first-order valence-electron chi connectivity index (χ1n) is 12.6. The van der Waals surface area contributed by atoms with Gasteiger partial charge in [-0.1, -0.05) is 24.3 Å². The molecular weight excluding hydrogens is 440 g/mol. The Bertz CT molecular complexity index is 1440. The molecule has 0 fully saturated rings. The van der Waals surface area contributed by atoms with Gasteiger partial charge >= 0.3 is 0 Å². The molecule has 0 spiro atoms. The third kappa shape index (κ3) is 3.95. The van der Waals surface area contributed by atoms with E-state index in [0.29, 0.717) is 17.5 Å². The lowest BCUT2D eigenvalue weighted by Crippen LogP contribution is -2.36. The number of halogens is 1. The third-order valence-electron chi connectivity index (χ3n) is 6.19. The molecule has 1 atom stereocenters. The van der Waals surface area contributed by atoms with Crippen LogP contribution < -0.4 is 9.64 Å². The highest BCUT2D eigenvalue weighted by Crippen LogP contribution is 2.39. The van der Waals surface area contributed by atoms with Crippen molar-refractivity contribution in [2.75, 3.05) is 4.90 Å². The summed E-state index contributed by atoms with van der Waals surface area (Å²) in [6, 6.07) is 14.4. The Morgan fingerprint density at radius 1 is 1.18 bits per heavy atom. The van der Waals surface area contributed by atoms with Crippen LogP contribution in [0.1, 0.15) is 50.1 Å². The Kier molecular flexibility index (Phi) is 4.43. The number of para-hydroxylation sites is 1. The van der Waals surface area contributed by atoms with E-state index in [-0.39, 0.29) is 28.8 Å². The number of alkyl halides is 1. The van der Waals surface area contributed by atoms with Crippen molar-refractivity contribution < 1.29 is 19.9 Å². The Morgan fingerprint density at radius 3 is 2.76 bits per heavy atom. The molecule has 0 N–H and O–H groups in total. The predicted octanol–water partition coefficient (Wildman–Crippen LogP) is 5.74. The lowest BCUT2D eigenvalue weighted by atomic mass is 9.98. The molecule has 6 nitrogen and oxygen atoms in total. The van der Waals surface area contributed by atoms with Crippen LogP contribution in [-0.4, -0.2) is 16.9 Å². The number of non-ortho nitro benzene ring substituents is 1. The molecule has 0 bridgehead atoms. The van der Waals surface area contributed by atoms with E-state index >= 15 is 0 Å². The van der Waals surface area contributed by atoms with Crippen LogP contribution in [0.5, 0.6) is 5.75 Å². The highest BCUT2D eigenvalue weighted by Gasteiger charge is 2.37. The van der Waals surface area contributed by atoms with Crippen LogP contribution in [0.3, 0.4) is 0 Å². The van der Waals surface area contributed by atoms with Gasteiger partial charge in [0.25, 0.3) is 11.6 Å². The molecule has 3 aromatic carbocycles. The largest absolute Gasteiger partial charge is 0.489 e. The second kappa shape index (κ2) is 8.52. The molecule has 0 radical (unpaired) electrons. The summed E-state index contributed by atoms with van der Waals surface area (Å²) in [6.45, 7) is -0.842. The first-order chi connectivity index (χ1) is 17.3. The molecular formula is C26H23ClN2O4. The molecule has 0 aromatic heterocycles. The summed E-state index contributed by atoms with van der Waals surface area (Å²) in [6.07, 6.45) is 2.12. The normalized spacial score (nSPS) is 19.3. The van der Waals surface area contributed by atoms with E-state index in [1.165, 1.54) is 0 Å². The number of nitrogens with zero attached hydrogens (tertiary/aromatic N) is 2. The molecule has 2 heterocycles. The van der Waals surface area contributed by atoms with Gasteiger partial charge in [0.15, 0.2) is 0 Å². The highest BCUT2D eigenvalue weighted by molar-refractivity contribution is 6.17. The van der Waals surface area contributed by atoms with E-state index in [4.69, 9.17) is 21.8 Å². The second-order valence-electron chi connectivity index (χ2n) is 8.30. The number of ether oxygens (including phenoxy) is 1. The minimum atomic E-state index is -2.55. The maximum atomic E-state index is 13.6. The average molecular weight is 467 g/mol. The minimum Gasteiger partial charge on any atom is -0.489 e. The van der Waals surface area contributed by atoms with Crippen molar-refractivity contribution in [2.24, 2.45) is 0 Å². The monoisotopic (exact) mass is 466 g/mol. The Balaban J connectivity index is 1.50. The minimum absolute atomic E-state index is 0.0438. The first kappa shape index (κ1) is 17.1. The van der Waals surface area contributed by atoms with Gasteiger partial charge in [-0.25, -0.2) is 0 Å². The number of benzene rings is 3. The van der Waals surface area contributed by atoms with Gasteiger partial charge in [0.2, 0.25) is 0 Å². The van der Waals surface area contributed by atoms with Crippen molar-refractivity contribution in [1.82, 2.24) is 0 Å². The lowest BCUT2D eigenvalue weighted by molar-refractivity contribution is -0.385. The molecule has 0 saturated heterocycles. The van der Waals surface area contributed by atoms with Crippen molar-refractivity contribution in [3.63, 3.8) is 0 Å². The average Bonchev–Trinajstić information content (AvgIpc) is 3.15. The summed E-state index contributed by atoms with van der Waals surface area (Å²) in [5.41, 5.74) is 2.87. The van der Waals surface area contributed by atoms with Gasteiger partial charge in [0.05, 0.1) is 7.66 Å². The molecule has 2 aliphatic heterocycles. The van der Waals surface area contributed by atoms with Gasteiger partial charge in [-0.05, 0) is 72.2 Å². The molecule has 2 aliphatic rings. The molecule has 5 rings (SSSR count). The quantitative estimate of drug-likeness (QED) is 0.273. The van der Waals surface area contributed by atoms with E-state index in [1.807, 2.05) is 29.2 Å². The van der Waals surface area contributed by atoms with Crippen molar-refractivity contribution >= 4 is 28.9 Å². The number of aryl methyl sites for hydroxylation is 2. The number of nitro groups is 1. The second-order valence-corrected chi connectivity index (χ2v) is 8.49. The van der Waals surface area contributed by atoms with Gasteiger partial charge < -0.3 is 9.64 Å². The first-order valence-corrected chi connectivity index (χ1v) is 11.0. The van der Waals surface area contributed by atoms with E-state index in [9.17, 15) is 14.9 Å².